The van der Waals surface area contributed by atoms with Crippen molar-refractivity contribution >= 4 is 17.5 Å². The summed E-state index contributed by atoms with van der Waals surface area (Å²) >= 11 is 0. The van der Waals surface area contributed by atoms with Crippen LogP contribution in [0.3, 0.4) is 0 Å². The van der Waals surface area contributed by atoms with Gasteiger partial charge in [0.1, 0.15) is 5.75 Å². The number of piperazine rings is 1. The number of ether oxygens (including phenoxy) is 1. The molecule has 2 aliphatic rings. The highest BCUT2D eigenvalue weighted by molar-refractivity contribution is 6.01. The Morgan fingerprint density at radius 1 is 0.893 bits per heavy atom. The van der Waals surface area contributed by atoms with E-state index in [1.807, 2.05) is 6.07 Å². The van der Waals surface area contributed by atoms with Crippen LogP contribution in [-0.2, 0) is 9.59 Å². The van der Waals surface area contributed by atoms with E-state index in [4.69, 9.17) is 4.74 Å². The molecule has 1 aromatic carbocycles. The average Bonchev–Trinajstić information content (AvgIpc) is 3.05. The molecule has 2 aliphatic heterocycles. The van der Waals surface area contributed by atoms with Gasteiger partial charge in [-0.25, -0.2) is 0 Å². The van der Waals surface area contributed by atoms with Crippen LogP contribution in [0.2, 0.25) is 0 Å². The lowest BCUT2D eigenvalue weighted by Gasteiger charge is -2.36. The van der Waals surface area contributed by atoms with Crippen LogP contribution in [0, 0.1) is 0 Å². The van der Waals surface area contributed by atoms with Gasteiger partial charge in [-0.15, -0.1) is 0 Å². The highest BCUT2D eigenvalue weighted by Crippen LogP contribution is 2.29. The predicted molar refractivity (Wildman–Crippen MR) is 111 cm³/mol. The third-order valence-electron chi connectivity index (χ3n) is 5.55. The Morgan fingerprint density at radius 2 is 1.57 bits per heavy atom. The minimum absolute atomic E-state index is 0.00400. The SMILES string of the molecule is CCCOc1ccccc1N1CCN(CCCCCN2C(=O)CCC2=O)CC1. The molecule has 0 spiro atoms. The Labute approximate surface area is 168 Å². The third kappa shape index (κ3) is 5.47. The van der Waals surface area contributed by atoms with Crippen molar-refractivity contribution in [2.24, 2.45) is 0 Å². The lowest BCUT2D eigenvalue weighted by molar-refractivity contribution is -0.138. The van der Waals surface area contributed by atoms with Crippen LogP contribution >= 0.6 is 0 Å². The van der Waals surface area contributed by atoms with Crippen molar-refractivity contribution in [3.63, 3.8) is 0 Å². The zero-order valence-electron chi connectivity index (χ0n) is 17.1. The summed E-state index contributed by atoms with van der Waals surface area (Å²) in [5.74, 6) is 0.998. The number of nitrogens with zero attached hydrogens (tertiary/aromatic N) is 3. The van der Waals surface area contributed by atoms with Crippen LogP contribution in [-0.4, -0.2) is 67.5 Å². The van der Waals surface area contributed by atoms with Gasteiger partial charge in [-0.05, 0) is 37.9 Å². The summed E-state index contributed by atoms with van der Waals surface area (Å²) in [5, 5.41) is 0. The fourth-order valence-corrected chi connectivity index (χ4v) is 3.92. The Hall–Kier alpha value is -2.08. The van der Waals surface area contributed by atoms with Gasteiger partial charge in [0, 0.05) is 45.6 Å². The third-order valence-corrected chi connectivity index (χ3v) is 5.55. The van der Waals surface area contributed by atoms with Gasteiger partial charge in [0.25, 0.3) is 0 Å². The summed E-state index contributed by atoms with van der Waals surface area (Å²) in [6.45, 7) is 8.72. The molecule has 2 heterocycles. The zero-order valence-corrected chi connectivity index (χ0v) is 17.1. The number of anilines is 1. The maximum Gasteiger partial charge on any atom is 0.229 e. The number of amides is 2. The molecule has 6 nitrogen and oxygen atoms in total. The van der Waals surface area contributed by atoms with Crippen LogP contribution < -0.4 is 9.64 Å². The van der Waals surface area contributed by atoms with Gasteiger partial charge in [-0.2, -0.15) is 0 Å². The molecule has 2 saturated heterocycles. The summed E-state index contributed by atoms with van der Waals surface area (Å²) in [6, 6.07) is 8.33. The maximum atomic E-state index is 11.6. The molecular weight excluding hydrogens is 354 g/mol. The van der Waals surface area contributed by atoms with E-state index in [9.17, 15) is 9.59 Å². The van der Waals surface area contributed by atoms with Crippen LogP contribution in [0.5, 0.6) is 5.75 Å². The quantitative estimate of drug-likeness (QED) is 0.456. The minimum Gasteiger partial charge on any atom is -0.491 e. The Balaban J connectivity index is 1.34. The van der Waals surface area contributed by atoms with E-state index in [1.54, 1.807) is 0 Å². The summed E-state index contributed by atoms with van der Waals surface area (Å²) in [6.07, 6.45) is 4.91. The van der Waals surface area contributed by atoms with Crippen molar-refractivity contribution < 1.29 is 14.3 Å². The van der Waals surface area contributed by atoms with Crippen molar-refractivity contribution in [3.8, 4) is 5.75 Å². The monoisotopic (exact) mass is 387 g/mol. The normalized spacial score (nSPS) is 18.2. The van der Waals surface area contributed by atoms with E-state index in [-0.39, 0.29) is 11.8 Å². The Bertz CT molecular complexity index is 640. The molecule has 28 heavy (non-hydrogen) atoms. The standard InChI is InChI=1S/C22H33N3O3/c1-2-18-28-20-9-5-4-8-19(20)24-16-14-23(15-17-24)12-6-3-7-13-25-21(26)10-11-22(25)27/h4-5,8-9H,2-3,6-7,10-18H2,1H3. The summed E-state index contributed by atoms with van der Waals surface area (Å²) in [5.41, 5.74) is 1.20. The van der Waals surface area contributed by atoms with Gasteiger partial charge in [-0.1, -0.05) is 25.5 Å². The first-order chi connectivity index (χ1) is 13.7. The Kier molecular flexibility index (Phi) is 7.71. The topological polar surface area (TPSA) is 53.1 Å². The molecule has 0 bridgehead atoms. The molecule has 0 N–H and O–H groups in total. The van der Waals surface area contributed by atoms with E-state index in [2.05, 4.69) is 34.9 Å². The molecule has 1 aromatic rings. The maximum absolute atomic E-state index is 11.6. The Morgan fingerprint density at radius 3 is 2.29 bits per heavy atom. The number of rotatable bonds is 10. The second-order valence-corrected chi connectivity index (χ2v) is 7.64. The van der Waals surface area contributed by atoms with Crippen LogP contribution in [0.4, 0.5) is 5.69 Å². The molecule has 0 radical (unpaired) electrons. The van der Waals surface area contributed by atoms with E-state index in [0.717, 1.165) is 70.8 Å². The summed E-state index contributed by atoms with van der Waals surface area (Å²) < 4.78 is 5.91. The second kappa shape index (κ2) is 10.5. The van der Waals surface area contributed by atoms with E-state index < -0.39 is 0 Å². The number of hydrogen-bond acceptors (Lipinski definition) is 5. The predicted octanol–water partition coefficient (Wildman–Crippen LogP) is 2.92. The number of benzene rings is 1. The first-order valence-corrected chi connectivity index (χ1v) is 10.7. The smallest absolute Gasteiger partial charge is 0.229 e. The molecule has 154 valence electrons. The van der Waals surface area contributed by atoms with Crippen molar-refractivity contribution in [1.29, 1.82) is 0 Å². The largest absolute Gasteiger partial charge is 0.491 e. The molecule has 2 fully saturated rings. The molecule has 0 aromatic heterocycles. The molecule has 0 aliphatic carbocycles. The van der Waals surface area contributed by atoms with Crippen molar-refractivity contribution in [2.45, 2.75) is 45.4 Å². The molecule has 6 heteroatoms. The number of unbranched alkanes of at least 4 members (excludes halogenated alkanes) is 2. The first-order valence-electron chi connectivity index (χ1n) is 10.7. The summed E-state index contributed by atoms with van der Waals surface area (Å²) in [4.78, 5) is 29.6. The van der Waals surface area contributed by atoms with Crippen LogP contribution in [0.25, 0.3) is 0 Å². The minimum atomic E-state index is 0.00400. The average molecular weight is 388 g/mol. The first kappa shape index (κ1) is 20.6. The van der Waals surface area contributed by atoms with Crippen LogP contribution in [0.1, 0.15) is 45.4 Å². The molecule has 2 amide bonds. The zero-order chi connectivity index (χ0) is 19.8. The van der Waals surface area contributed by atoms with Gasteiger partial charge >= 0.3 is 0 Å². The molecule has 3 rings (SSSR count). The van der Waals surface area contributed by atoms with E-state index in [0.29, 0.717) is 19.4 Å². The van der Waals surface area contributed by atoms with Gasteiger partial charge in [0.2, 0.25) is 11.8 Å². The van der Waals surface area contributed by atoms with Crippen molar-refractivity contribution in [1.82, 2.24) is 9.80 Å². The fraction of sp³-hybridized carbons (Fsp3) is 0.636. The second-order valence-electron chi connectivity index (χ2n) is 7.64. The van der Waals surface area contributed by atoms with Gasteiger partial charge in [0.15, 0.2) is 0 Å². The van der Waals surface area contributed by atoms with E-state index in [1.165, 1.54) is 10.6 Å². The number of carbonyl (C=O) groups excluding carboxylic acids is 2. The highest BCUT2D eigenvalue weighted by atomic mass is 16.5. The lowest BCUT2D eigenvalue weighted by atomic mass is 10.2. The van der Waals surface area contributed by atoms with Crippen LogP contribution in [0.15, 0.2) is 24.3 Å². The number of imide groups is 1. The molecule has 0 saturated carbocycles. The molecular formula is C22H33N3O3. The summed E-state index contributed by atoms with van der Waals surface area (Å²) in [7, 11) is 0. The van der Waals surface area contributed by atoms with Gasteiger partial charge in [-0.3, -0.25) is 19.4 Å². The number of para-hydroxylation sites is 2. The fourth-order valence-electron chi connectivity index (χ4n) is 3.92. The number of carbonyl (C=O) groups is 2. The molecule has 0 unspecified atom stereocenters. The van der Waals surface area contributed by atoms with Crippen molar-refractivity contribution in [2.75, 3.05) is 50.8 Å². The molecule has 0 atom stereocenters. The van der Waals surface area contributed by atoms with Gasteiger partial charge < -0.3 is 9.64 Å². The van der Waals surface area contributed by atoms with E-state index >= 15 is 0 Å². The number of hydrogen-bond donors (Lipinski definition) is 0. The lowest BCUT2D eigenvalue weighted by Crippen LogP contribution is -2.46. The van der Waals surface area contributed by atoms with Gasteiger partial charge in [0.05, 0.1) is 12.3 Å². The number of likely N-dealkylation sites (tertiary alicyclic amines) is 1. The highest BCUT2D eigenvalue weighted by Gasteiger charge is 2.27. The van der Waals surface area contributed by atoms with Crippen molar-refractivity contribution in [3.05, 3.63) is 24.3 Å².